The summed E-state index contributed by atoms with van der Waals surface area (Å²) < 4.78 is 0. The number of phenolic OH excluding ortho intramolecular Hbond substituents is 1. The number of hydrogen-bond acceptors (Lipinski definition) is 2. The van der Waals surface area contributed by atoms with Crippen LogP contribution in [0.15, 0.2) is 6.07 Å². The molecular formula is C9H13NO. The minimum atomic E-state index is 0.216. The highest BCUT2D eigenvalue weighted by atomic mass is 16.3. The summed E-state index contributed by atoms with van der Waals surface area (Å²) in [5.74, 6) is 0.216. The second-order valence-corrected chi connectivity index (χ2v) is 2.90. The maximum atomic E-state index is 9.39. The van der Waals surface area contributed by atoms with Crippen LogP contribution in [0.25, 0.3) is 0 Å². The number of rotatable bonds is 0. The van der Waals surface area contributed by atoms with Gasteiger partial charge in [-0.25, -0.2) is 0 Å². The summed E-state index contributed by atoms with van der Waals surface area (Å²) >= 11 is 0. The number of phenols is 1. The molecule has 0 saturated carbocycles. The fraction of sp³-hybridized carbons (Fsp3) is 0.333. The zero-order valence-corrected chi connectivity index (χ0v) is 7.10. The zero-order chi connectivity index (χ0) is 8.59. The van der Waals surface area contributed by atoms with Crippen LogP contribution in [0.4, 0.5) is 5.69 Å². The lowest BCUT2D eigenvalue weighted by atomic mass is 10.0. The van der Waals surface area contributed by atoms with E-state index in [2.05, 4.69) is 0 Å². The Morgan fingerprint density at radius 2 is 1.73 bits per heavy atom. The van der Waals surface area contributed by atoms with Crippen LogP contribution in [-0.4, -0.2) is 5.11 Å². The molecule has 0 radical (unpaired) electrons. The fourth-order valence-corrected chi connectivity index (χ4v) is 1.10. The van der Waals surface area contributed by atoms with E-state index in [0.717, 1.165) is 16.7 Å². The van der Waals surface area contributed by atoms with Crippen molar-refractivity contribution >= 4 is 5.69 Å². The predicted molar refractivity (Wildman–Crippen MR) is 46.7 cm³/mol. The van der Waals surface area contributed by atoms with Crippen LogP contribution in [0.5, 0.6) is 5.75 Å². The summed E-state index contributed by atoms with van der Waals surface area (Å²) in [5, 5.41) is 9.39. The van der Waals surface area contributed by atoms with Gasteiger partial charge in [-0.3, -0.25) is 0 Å². The van der Waals surface area contributed by atoms with Crippen molar-refractivity contribution in [3.8, 4) is 5.75 Å². The zero-order valence-electron chi connectivity index (χ0n) is 7.10. The van der Waals surface area contributed by atoms with E-state index in [1.807, 2.05) is 26.8 Å². The Bertz CT molecular complexity index is 266. The second-order valence-electron chi connectivity index (χ2n) is 2.90. The Hall–Kier alpha value is -1.18. The van der Waals surface area contributed by atoms with Crippen molar-refractivity contribution in [1.82, 2.24) is 0 Å². The second kappa shape index (κ2) is 2.46. The van der Waals surface area contributed by atoms with Gasteiger partial charge in [0.05, 0.1) is 5.69 Å². The molecule has 60 valence electrons. The highest BCUT2D eigenvalue weighted by Gasteiger charge is 2.05. The quantitative estimate of drug-likeness (QED) is 0.439. The number of anilines is 1. The van der Waals surface area contributed by atoms with Crippen molar-refractivity contribution in [1.29, 1.82) is 0 Å². The van der Waals surface area contributed by atoms with E-state index in [9.17, 15) is 5.11 Å². The van der Waals surface area contributed by atoms with Gasteiger partial charge in [0.2, 0.25) is 0 Å². The summed E-state index contributed by atoms with van der Waals surface area (Å²) in [4.78, 5) is 0. The van der Waals surface area contributed by atoms with Crippen LogP contribution < -0.4 is 5.73 Å². The molecule has 0 fully saturated rings. The molecule has 0 heterocycles. The molecule has 0 saturated heterocycles. The summed E-state index contributed by atoms with van der Waals surface area (Å²) in [7, 11) is 0. The van der Waals surface area contributed by atoms with E-state index >= 15 is 0 Å². The van der Waals surface area contributed by atoms with Crippen molar-refractivity contribution in [2.24, 2.45) is 0 Å². The van der Waals surface area contributed by atoms with Crippen LogP contribution in [0.3, 0.4) is 0 Å². The lowest BCUT2D eigenvalue weighted by molar-refractivity contribution is 0.473. The molecule has 0 aliphatic rings. The molecule has 2 heteroatoms. The van der Waals surface area contributed by atoms with E-state index in [1.54, 1.807) is 0 Å². The van der Waals surface area contributed by atoms with Crippen LogP contribution in [0.1, 0.15) is 16.7 Å². The Morgan fingerprint density at radius 3 is 2.27 bits per heavy atom. The highest BCUT2D eigenvalue weighted by molar-refractivity contribution is 5.63. The van der Waals surface area contributed by atoms with Gasteiger partial charge in [0.25, 0.3) is 0 Å². The largest absolute Gasteiger partial charge is 0.506 e. The average Bonchev–Trinajstić information content (AvgIpc) is 1.97. The van der Waals surface area contributed by atoms with E-state index in [-0.39, 0.29) is 5.75 Å². The molecule has 0 aromatic heterocycles. The molecule has 3 N–H and O–H groups in total. The van der Waals surface area contributed by atoms with Crippen molar-refractivity contribution in [3.63, 3.8) is 0 Å². The lowest BCUT2D eigenvalue weighted by Gasteiger charge is -2.08. The lowest BCUT2D eigenvalue weighted by Crippen LogP contribution is -1.94. The first-order valence-electron chi connectivity index (χ1n) is 3.59. The number of aryl methyl sites for hydroxylation is 2. The summed E-state index contributed by atoms with van der Waals surface area (Å²) in [6.07, 6.45) is 0. The Balaban J connectivity index is 3.46. The molecule has 1 aromatic carbocycles. The molecule has 1 aromatic rings. The molecule has 1 rings (SSSR count). The summed E-state index contributed by atoms with van der Waals surface area (Å²) in [6.45, 7) is 5.74. The van der Waals surface area contributed by atoms with Gasteiger partial charge in [-0.2, -0.15) is 0 Å². The van der Waals surface area contributed by atoms with E-state index < -0.39 is 0 Å². The van der Waals surface area contributed by atoms with Crippen molar-refractivity contribution in [3.05, 3.63) is 22.8 Å². The van der Waals surface area contributed by atoms with Crippen molar-refractivity contribution in [2.45, 2.75) is 20.8 Å². The van der Waals surface area contributed by atoms with Gasteiger partial charge in [0.1, 0.15) is 5.75 Å². The molecule has 0 atom stereocenters. The van der Waals surface area contributed by atoms with Crippen LogP contribution in [-0.2, 0) is 0 Å². The Labute approximate surface area is 66.7 Å². The molecule has 0 unspecified atom stereocenters. The molecule has 0 amide bonds. The topological polar surface area (TPSA) is 46.2 Å². The Morgan fingerprint density at radius 1 is 1.18 bits per heavy atom. The summed E-state index contributed by atoms with van der Waals surface area (Å²) in [5.41, 5.74) is 9.06. The number of nitrogens with two attached hydrogens (primary N) is 1. The minimum Gasteiger partial charge on any atom is -0.506 e. The molecule has 2 nitrogen and oxygen atoms in total. The van der Waals surface area contributed by atoms with Gasteiger partial charge in [-0.05, 0) is 37.5 Å². The molecular weight excluding hydrogens is 138 g/mol. The van der Waals surface area contributed by atoms with Gasteiger partial charge in [-0.15, -0.1) is 0 Å². The molecule has 0 aliphatic heterocycles. The minimum absolute atomic E-state index is 0.216. The van der Waals surface area contributed by atoms with Gasteiger partial charge in [0, 0.05) is 0 Å². The van der Waals surface area contributed by atoms with Gasteiger partial charge in [0.15, 0.2) is 0 Å². The van der Waals surface area contributed by atoms with E-state index in [1.165, 1.54) is 0 Å². The number of nitrogen functional groups attached to an aromatic ring is 1. The molecule has 11 heavy (non-hydrogen) atoms. The van der Waals surface area contributed by atoms with Crippen LogP contribution in [0.2, 0.25) is 0 Å². The fourth-order valence-electron chi connectivity index (χ4n) is 1.10. The Kier molecular flexibility index (Phi) is 1.77. The van der Waals surface area contributed by atoms with Crippen molar-refractivity contribution < 1.29 is 5.11 Å². The smallest absolute Gasteiger partial charge is 0.141 e. The van der Waals surface area contributed by atoms with Crippen molar-refractivity contribution in [2.75, 3.05) is 5.73 Å². The molecule has 0 aliphatic carbocycles. The van der Waals surface area contributed by atoms with E-state index in [0.29, 0.717) is 5.69 Å². The first-order chi connectivity index (χ1) is 5.04. The highest BCUT2D eigenvalue weighted by Crippen LogP contribution is 2.29. The molecule has 0 bridgehead atoms. The number of hydrogen-bond donors (Lipinski definition) is 2. The van der Waals surface area contributed by atoms with Gasteiger partial charge >= 0.3 is 0 Å². The number of aromatic hydroxyl groups is 1. The standard InChI is InChI=1S/C9H13NO/c1-5-4-6(2)9(11)8(10)7(5)3/h4,11H,10H2,1-3H3. The normalized spacial score (nSPS) is 10.1. The number of benzene rings is 1. The third-order valence-corrected chi connectivity index (χ3v) is 2.06. The predicted octanol–water partition coefficient (Wildman–Crippen LogP) is 1.90. The van der Waals surface area contributed by atoms with Crippen LogP contribution >= 0.6 is 0 Å². The molecule has 0 spiro atoms. The maximum Gasteiger partial charge on any atom is 0.141 e. The van der Waals surface area contributed by atoms with Gasteiger partial charge in [-0.1, -0.05) is 6.07 Å². The van der Waals surface area contributed by atoms with E-state index in [4.69, 9.17) is 5.73 Å². The third kappa shape index (κ3) is 1.16. The van der Waals surface area contributed by atoms with Crippen LogP contribution in [0, 0.1) is 20.8 Å². The average molecular weight is 151 g/mol. The first-order valence-corrected chi connectivity index (χ1v) is 3.59. The SMILES string of the molecule is Cc1cc(C)c(O)c(N)c1C. The maximum absolute atomic E-state index is 9.39. The monoisotopic (exact) mass is 151 g/mol. The first kappa shape index (κ1) is 7.92. The summed E-state index contributed by atoms with van der Waals surface area (Å²) in [6, 6.07) is 1.93. The third-order valence-electron chi connectivity index (χ3n) is 2.06. The van der Waals surface area contributed by atoms with Gasteiger partial charge < -0.3 is 10.8 Å².